The molecule has 0 spiro atoms. The molecule has 23 heavy (non-hydrogen) atoms. The number of benzene rings is 3. The first-order valence-corrected chi connectivity index (χ1v) is 7.68. The fourth-order valence-corrected chi connectivity index (χ4v) is 3.96. The minimum absolute atomic E-state index is 0.00648. The molecule has 0 aliphatic carbocycles. The van der Waals surface area contributed by atoms with E-state index in [4.69, 9.17) is 0 Å². The maximum atomic E-state index is 13.2. The van der Waals surface area contributed by atoms with Gasteiger partial charge in [0, 0.05) is 16.2 Å². The van der Waals surface area contributed by atoms with Crippen LogP contribution in [0.3, 0.4) is 0 Å². The lowest BCUT2D eigenvalue weighted by molar-refractivity contribution is -0.528. The molecule has 0 radical (unpaired) electrons. The van der Waals surface area contributed by atoms with E-state index in [1.165, 1.54) is 5.39 Å². The number of rotatable bonds is 0. The molecular formula is C20H11N2O+. The van der Waals surface area contributed by atoms with Crippen LogP contribution in [0.15, 0.2) is 71.7 Å². The maximum Gasteiger partial charge on any atom is 0.508 e. The van der Waals surface area contributed by atoms with E-state index in [-0.39, 0.29) is 5.69 Å². The zero-order valence-electron chi connectivity index (χ0n) is 12.2. The molecule has 0 amide bonds. The number of pyridine rings is 1. The Labute approximate surface area is 130 Å². The van der Waals surface area contributed by atoms with Crippen molar-refractivity contribution in [3.63, 3.8) is 0 Å². The zero-order chi connectivity index (χ0) is 15.1. The first kappa shape index (κ1) is 11.4. The minimum Gasteiger partial charge on any atom is -0.196 e. The summed E-state index contributed by atoms with van der Waals surface area (Å²) in [4.78, 5) is 13.2. The topological polar surface area (TPSA) is 25.6 Å². The van der Waals surface area contributed by atoms with Crippen LogP contribution in [0.4, 0.5) is 0 Å². The molecule has 0 saturated carbocycles. The molecule has 3 nitrogen and oxygen atoms in total. The maximum absolute atomic E-state index is 13.2. The number of aromatic nitrogens is 2. The molecule has 0 fully saturated rings. The first-order valence-electron chi connectivity index (χ1n) is 7.68. The Bertz CT molecular complexity index is 1430. The van der Waals surface area contributed by atoms with Crippen molar-refractivity contribution in [3.8, 4) is 0 Å². The molecule has 6 rings (SSSR count). The van der Waals surface area contributed by atoms with Gasteiger partial charge in [0.2, 0.25) is 0 Å². The van der Waals surface area contributed by atoms with E-state index in [2.05, 4.69) is 36.4 Å². The van der Waals surface area contributed by atoms with E-state index in [1.807, 2.05) is 34.9 Å². The summed E-state index contributed by atoms with van der Waals surface area (Å²) in [7, 11) is 0. The summed E-state index contributed by atoms with van der Waals surface area (Å²) in [5.74, 6) is 0. The van der Waals surface area contributed by atoms with Gasteiger partial charge in [0.15, 0.2) is 11.0 Å². The first-order chi connectivity index (χ1) is 11.3. The van der Waals surface area contributed by atoms with Crippen molar-refractivity contribution in [2.24, 2.45) is 0 Å². The fraction of sp³-hybridized carbons (Fsp3) is 0. The Hall–Kier alpha value is -3.20. The number of hydrogen-bond acceptors (Lipinski definition) is 1. The summed E-state index contributed by atoms with van der Waals surface area (Å²) in [6.07, 6.45) is 1.88. The monoisotopic (exact) mass is 295 g/mol. The highest BCUT2D eigenvalue weighted by Crippen LogP contribution is 2.32. The lowest BCUT2D eigenvalue weighted by Crippen LogP contribution is -2.43. The van der Waals surface area contributed by atoms with Crippen LogP contribution in [0.25, 0.3) is 43.5 Å². The molecule has 3 aromatic carbocycles. The molecular weight excluding hydrogens is 284 g/mol. The van der Waals surface area contributed by atoms with Gasteiger partial charge in [-0.15, -0.1) is 0 Å². The summed E-state index contributed by atoms with van der Waals surface area (Å²) in [6, 6.07) is 20.7. The van der Waals surface area contributed by atoms with Gasteiger partial charge < -0.3 is 0 Å². The van der Waals surface area contributed by atoms with E-state index in [0.29, 0.717) is 0 Å². The standard InChI is InChI=1S/C20H11N2O/c23-20-21-10-9-13-7-5-12-6-8-15-11-14-3-1-2-4-16(14)22(20)19(15)17(12)18(13)21/h1-11H/q+1. The lowest BCUT2D eigenvalue weighted by Gasteiger charge is -2.08. The van der Waals surface area contributed by atoms with Gasteiger partial charge in [0.25, 0.3) is 0 Å². The third-order valence-corrected chi connectivity index (χ3v) is 4.95. The Kier molecular flexibility index (Phi) is 1.77. The Morgan fingerprint density at radius 2 is 1.57 bits per heavy atom. The second-order valence-corrected chi connectivity index (χ2v) is 6.11. The van der Waals surface area contributed by atoms with Crippen molar-refractivity contribution in [3.05, 3.63) is 77.3 Å². The van der Waals surface area contributed by atoms with Crippen molar-refractivity contribution in [1.29, 1.82) is 0 Å². The summed E-state index contributed by atoms with van der Waals surface area (Å²) in [5, 5.41) is 5.62. The summed E-state index contributed by atoms with van der Waals surface area (Å²) >= 11 is 0. The summed E-state index contributed by atoms with van der Waals surface area (Å²) in [6.45, 7) is 0. The largest absolute Gasteiger partial charge is 0.508 e. The predicted octanol–water partition coefficient (Wildman–Crippen LogP) is 3.37. The highest BCUT2D eigenvalue weighted by molar-refractivity contribution is 6.18. The van der Waals surface area contributed by atoms with Gasteiger partial charge in [0.1, 0.15) is 11.7 Å². The highest BCUT2D eigenvalue weighted by Gasteiger charge is 2.23. The number of hydrogen-bond donors (Lipinski definition) is 0. The number of nitrogens with zero attached hydrogens (tertiary/aromatic N) is 2. The molecule has 0 unspecified atom stereocenters. The van der Waals surface area contributed by atoms with Crippen molar-refractivity contribution >= 4 is 43.5 Å². The van der Waals surface area contributed by atoms with Crippen molar-refractivity contribution in [2.75, 3.05) is 0 Å². The van der Waals surface area contributed by atoms with Crippen LogP contribution in [0.2, 0.25) is 0 Å². The van der Waals surface area contributed by atoms with Crippen LogP contribution >= 0.6 is 0 Å². The van der Waals surface area contributed by atoms with E-state index < -0.39 is 0 Å². The van der Waals surface area contributed by atoms with E-state index in [1.54, 1.807) is 4.40 Å². The van der Waals surface area contributed by atoms with Gasteiger partial charge in [-0.3, -0.25) is 0 Å². The lowest BCUT2D eigenvalue weighted by atomic mass is 10.0. The molecule has 3 heterocycles. The van der Waals surface area contributed by atoms with Crippen LogP contribution in [0.5, 0.6) is 0 Å². The van der Waals surface area contributed by atoms with Gasteiger partial charge in [0.05, 0.1) is 5.39 Å². The summed E-state index contributed by atoms with van der Waals surface area (Å²) in [5.41, 5.74) is 2.98. The van der Waals surface area contributed by atoms with Crippen LogP contribution < -0.4 is 10.1 Å². The minimum atomic E-state index is -0.00648. The van der Waals surface area contributed by atoms with Crippen LogP contribution in [-0.2, 0) is 0 Å². The van der Waals surface area contributed by atoms with Gasteiger partial charge in [-0.05, 0) is 29.7 Å². The molecule has 0 saturated heterocycles. The third-order valence-electron chi connectivity index (χ3n) is 4.95. The molecule has 3 heteroatoms. The molecule has 0 aliphatic rings. The zero-order valence-corrected chi connectivity index (χ0v) is 12.2. The van der Waals surface area contributed by atoms with Crippen LogP contribution in [0.1, 0.15) is 0 Å². The second-order valence-electron chi connectivity index (χ2n) is 6.11. The molecule has 6 aromatic rings. The van der Waals surface area contributed by atoms with Gasteiger partial charge >= 0.3 is 5.69 Å². The number of fused-ring (bicyclic) bond motifs is 2. The Morgan fingerprint density at radius 3 is 2.48 bits per heavy atom. The highest BCUT2D eigenvalue weighted by atomic mass is 16.1. The molecule has 0 aliphatic heterocycles. The quantitative estimate of drug-likeness (QED) is 0.240. The van der Waals surface area contributed by atoms with Gasteiger partial charge in [-0.1, -0.05) is 36.4 Å². The van der Waals surface area contributed by atoms with Crippen molar-refractivity contribution in [2.45, 2.75) is 0 Å². The van der Waals surface area contributed by atoms with E-state index in [9.17, 15) is 4.79 Å². The molecule has 0 bridgehead atoms. The number of para-hydroxylation sites is 1. The predicted molar refractivity (Wildman–Crippen MR) is 91.7 cm³/mol. The smallest absolute Gasteiger partial charge is 0.196 e. The average Bonchev–Trinajstić information content (AvgIpc) is 3.03. The van der Waals surface area contributed by atoms with Crippen LogP contribution in [0, 0.1) is 0 Å². The Balaban J connectivity index is 2.17. The molecule has 0 N–H and O–H groups in total. The molecule has 106 valence electrons. The third kappa shape index (κ3) is 1.19. The normalized spacial score (nSPS) is 12.5. The van der Waals surface area contributed by atoms with Crippen LogP contribution in [-0.4, -0.2) is 4.40 Å². The van der Waals surface area contributed by atoms with Crippen molar-refractivity contribution in [1.82, 2.24) is 4.40 Å². The summed E-state index contributed by atoms with van der Waals surface area (Å²) < 4.78 is 3.63. The fourth-order valence-electron chi connectivity index (χ4n) is 3.96. The van der Waals surface area contributed by atoms with E-state index in [0.717, 1.165) is 38.1 Å². The van der Waals surface area contributed by atoms with Crippen molar-refractivity contribution < 1.29 is 4.40 Å². The van der Waals surface area contributed by atoms with Gasteiger partial charge in [-0.2, -0.15) is 13.6 Å². The SMILES string of the molecule is O=c1n2c3ccccc3cc3ccc4ccc5cc[n+]1c5c4c32. The second kappa shape index (κ2) is 3.58. The Morgan fingerprint density at radius 1 is 0.783 bits per heavy atom. The van der Waals surface area contributed by atoms with Gasteiger partial charge in [-0.25, -0.2) is 0 Å². The average molecular weight is 295 g/mol. The van der Waals surface area contributed by atoms with E-state index >= 15 is 0 Å². The molecule has 0 atom stereocenters. The molecule has 3 aromatic heterocycles.